The Kier molecular flexibility index (Phi) is 4.94. The summed E-state index contributed by atoms with van der Waals surface area (Å²) < 4.78 is 31.8. The van der Waals surface area contributed by atoms with Crippen molar-refractivity contribution < 1.29 is 52.1 Å². The second-order valence-electron chi connectivity index (χ2n) is 3.38. The molecule has 6 nitrogen and oxygen atoms in total. The summed E-state index contributed by atoms with van der Waals surface area (Å²) in [6.45, 7) is 3.16. The minimum atomic E-state index is -4.71. The molecule has 1 fully saturated rings. The van der Waals surface area contributed by atoms with E-state index in [1.165, 1.54) is 0 Å². The Balaban J connectivity index is 0.00000196. The minimum Gasteiger partial charge on any atom is -0.747 e. The number of amides is 2. The zero-order chi connectivity index (χ0) is 11.1. The summed E-state index contributed by atoms with van der Waals surface area (Å²) in [6, 6.07) is -0.415. The van der Waals surface area contributed by atoms with E-state index in [2.05, 4.69) is 0 Å². The van der Waals surface area contributed by atoms with Crippen molar-refractivity contribution in [2.45, 2.75) is 31.6 Å². The molecule has 0 N–H and O–H groups in total. The molecule has 1 rings (SSSR count). The monoisotopic (exact) mass is 243 g/mol. The summed E-state index contributed by atoms with van der Waals surface area (Å²) in [7, 11) is -4.71. The number of nitrogens with zero attached hydrogens (tertiary/aromatic N) is 1. The summed E-state index contributed by atoms with van der Waals surface area (Å²) in [5.41, 5.74) is 0. The van der Waals surface area contributed by atoms with Crippen LogP contribution in [0.5, 0.6) is 0 Å². The smallest absolute Gasteiger partial charge is 0.747 e. The van der Waals surface area contributed by atoms with Gasteiger partial charge in [0.25, 0.3) is 0 Å². The second-order valence-corrected chi connectivity index (χ2v) is 4.94. The van der Waals surface area contributed by atoms with Crippen molar-refractivity contribution in [2.75, 3.05) is 0 Å². The molecule has 1 aliphatic rings. The van der Waals surface area contributed by atoms with Crippen LogP contribution in [0.2, 0.25) is 0 Å². The molecule has 8 heteroatoms. The predicted molar refractivity (Wildman–Crippen MR) is 45.1 cm³/mol. The Hall–Kier alpha value is 0.0500. The SMILES string of the molecule is CC(C)N1C(=O)CC(S(=O)(=O)[O-])C1=O.[Na+]. The van der Waals surface area contributed by atoms with Gasteiger partial charge in [-0.15, -0.1) is 0 Å². The molecule has 0 bridgehead atoms. The van der Waals surface area contributed by atoms with Crippen molar-refractivity contribution in [3.63, 3.8) is 0 Å². The molecular weight excluding hydrogens is 233 g/mol. The molecule has 1 saturated heterocycles. The Morgan fingerprint density at radius 3 is 2.07 bits per heavy atom. The molecule has 1 heterocycles. The maximum atomic E-state index is 11.3. The molecule has 0 saturated carbocycles. The van der Waals surface area contributed by atoms with E-state index in [1.807, 2.05) is 0 Å². The first-order valence-corrected chi connectivity index (χ1v) is 5.53. The maximum absolute atomic E-state index is 11.3. The number of likely N-dealkylation sites (tertiary alicyclic amines) is 1. The van der Waals surface area contributed by atoms with Crippen LogP contribution >= 0.6 is 0 Å². The quantitative estimate of drug-likeness (QED) is 0.280. The zero-order valence-electron chi connectivity index (χ0n) is 8.76. The number of carbonyl (C=O) groups is 2. The molecule has 0 aliphatic carbocycles. The van der Waals surface area contributed by atoms with E-state index in [4.69, 9.17) is 0 Å². The Morgan fingerprint density at radius 1 is 1.40 bits per heavy atom. The Labute approximate surface area is 110 Å². The van der Waals surface area contributed by atoms with E-state index in [1.54, 1.807) is 13.8 Å². The number of hydrogen-bond acceptors (Lipinski definition) is 5. The van der Waals surface area contributed by atoms with Crippen molar-refractivity contribution in [3.8, 4) is 0 Å². The largest absolute Gasteiger partial charge is 1.00 e. The predicted octanol–water partition coefficient (Wildman–Crippen LogP) is -3.93. The number of imide groups is 1. The van der Waals surface area contributed by atoms with Gasteiger partial charge in [0, 0.05) is 6.04 Å². The van der Waals surface area contributed by atoms with Gasteiger partial charge in [0.1, 0.15) is 15.4 Å². The van der Waals surface area contributed by atoms with Crippen LogP contribution < -0.4 is 29.6 Å². The molecule has 1 aliphatic heterocycles. The first-order chi connectivity index (χ1) is 6.25. The summed E-state index contributed by atoms with van der Waals surface area (Å²) in [6.07, 6.45) is -0.525. The number of carbonyl (C=O) groups excluding carboxylic acids is 2. The van der Waals surface area contributed by atoms with Crippen LogP contribution in [-0.2, 0) is 19.7 Å². The van der Waals surface area contributed by atoms with Gasteiger partial charge >= 0.3 is 29.6 Å². The molecule has 0 aromatic rings. The van der Waals surface area contributed by atoms with E-state index >= 15 is 0 Å². The summed E-state index contributed by atoms with van der Waals surface area (Å²) in [4.78, 5) is 23.3. The van der Waals surface area contributed by atoms with Crippen LogP contribution in [0.3, 0.4) is 0 Å². The third-order valence-electron chi connectivity index (χ3n) is 2.01. The van der Waals surface area contributed by atoms with Crippen LogP contribution in [-0.4, -0.2) is 41.0 Å². The van der Waals surface area contributed by atoms with E-state index in [0.717, 1.165) is 4.90 Å². The fourth-order valence-corrected chi connectivity index (χ4v) is 2.10. The van der Waals surface area contributed by atoms with Gasteiger partial charge in [-0.05, 0) is 13.8 Å². The molecule has 0 aromatic carbocycles. The van der Waals surface area contributed by atoms with Crippen LogP contribution in [0.1, 0.15) is 20.3 Å². The van der Waals surface area contributed by atoms with Crippen LogP contribution in [0.15, 0.2) is 0 Å². The fourth-order valence-electron chi connectivity index (χ4n) is 1.39. The van der Waals surface area contributed by atoms with Crippen LogP contribution in [0.25, 0.3) is 0 Å². The van der Waals surface area contributed by atoms with Gasteiger partial charge in [-0.3, -0.25) is 14.5 Å². The molecule has 0 radical (unpaired) electrons. The standard InChI is InChI=1S/C7H11NO5S.Na/c1-4(2)8-6(9)3-5(7(8)10)14(11,12)13;/h4-5H,3H2,1-2H3,(H,11,12,13);/q;+1/p-1. The van der Waals surface area contributed by atoms with Gasteiger partial charge in [-0.1, -0.05) is 0 Å². The molecule has 1 atom stereocenters. The molecular formula is C7H10NNaO5S. The van der Waals surface area contributed by atoms with E-state index in [0.29, 0.717) is 0 Å². The van der Waals surface area contributed by atoms with Gasteiger partial charge in [-0.25, -0.2) is 8.42 Å². The van der Waals surface area contributed by atoms with Crippen molar-refractivity contribution in [1.29, 1.82) is 0 Å². The molecule has 80 valence electrons. The van der Waals surface area contributed by atoms with E-state index in [-0.39, 0.29) is 29.6 Å². The van der Waals surface area contributed by atoms with E-state index < -0.39 is 39.6 Å². The third kappa shape index (κ3) is 3.01. The van der Waals surface area contributed by atoms with E-state index in [9.17, 15) is 22.6 Å². The zero-order valence-corrected chi connectivity index (χ0v) is 11.6. The van der Waals surface area contributed by atoms with Crippen molar-refractivity contribution in [1.82, 2.24) is 4.90 Å². The average Bonchev–Trinajstić information content (AvgIpc) is 2.24. The van der Waals surface area contributed by atoms with Gasteiger partial charge in [0.2, 0.25) is 11.8 Å². The summed E-state index contributed by atoms with van der Waals surface area (Å²) in [5.74, 6) is -1.51. The molecule has 0 spiro atoms. The van der Waals surface area contributed by atoms with Crippen molar-refractivity contribution in [2.24, 2.45) is 0 Å². The van der Waals surface area contributed by atoms with Crippen LogP contribution in [0.4, 0.5) is 0 Å². The molecule has 0 aromatic heterocycles. The maximum Gasteiger partial charge on any atom is 1.00 e. The normalized spacial score (nSPS) is 22.1. The van der Waals surface area contributed by atoms with Gasteiger partial charge < -0.3 is 4.55 Å². The van der Waals surface area contributed by atoms with Gasteiger partial charge in [0.15, 0.2) is 0 Å². The topological polar surface area (TPSA) is 94.6 Å². The fraction of sp³-hybridized carbons (Fsp3) is 0.714. The first kappa shape index (κ1) is 15.0. The van der Waals surface area contributed by atoms with Crippen molar-refractivity contribution >= 4 is 21.9 Å². The number of rotatable bonds is 2. The molecule has 1 unspecified atom stereocenters. The molecule has 2 amide bonds. The summed E-state index contributed by atoms with van der Waals surface area (Å²) >= 11 is 0. The minimum absolute atomic E-state index is 0. The van der Waals surface area contributed by atoms with Gasteiger partial charge in [-0.2, -0.15) is 0 Å². The van der Waals surface area contributed by atoms with Gasteiger partial charge in [0.05, 0.1) is 6.42 Å². The first-order valence-electron chi connectivity index (χ1n) is 4.05. The van der Waals surface area contributed by atoms with Crippen molar-refractivity contribution in [3.05, 3.63) is 0 Å². The number of hydrogen-bond donors (Lipinski definition) is 0. The summed E-state index contributed by atoms with van der Waals surface area (Å²) in [5, 5.41) is -1.72. The average molecular weight is 243 g/mol. The Morgan fingerprint density at radius 2 is 1.87 bits per heavy atom. The third-order valence-corrected chi connectivity index (χ3v) is 3.07. The molecule has 15 heavy (non-hydrogen) atoms. The Bertz CT molecular complexity index is 377. The second kappa shape index (κ2) is 4.92. The van der Waals surface area contributed by atoms with Crippen LogP contribution in [0, 0.1) is 0 Å².